The van der Waals surface area contributed by atoms with E-state index in [2.05, 4.69) is 10.2 Å². The summed E-state index contributed by atoms with van der Waals surface area (Å²) < 4.78 is 26.9. The van der Waals surface area contributed by atoms with Gasteiger partial charge in [-0.15, -0.1) is 0 Å². The summed E-state index contributed by atoms with van der Waals surface area (Å²) in [6.45, 7) is 3.45. The van der Waals surface area contributed by atoms with Crippen LogP contribution < -0.4 is 5.32 Å². The number of piperazine rings is 1. The smallest absolute Gasteiger partial charge is 0.281 e. The minimum absolute atomic E-state index is 0.0151. The number of amides is 2. The lowest BCUT2D eigenvalue weighted by Crippen LogP contribution is -2.46. The molecule has 0 bridgehead atoms. The highest BCUT2D eigenvalue weighted by molar-refractivity contribution is 8.13. The van der Waals surface area contributed by atoms with Gasteiger partial charge in [-0.05, 0) is 31.3 Å². The molecule has 2 aliphatic rings. The largest absolute Gasteiger partial charge is 0.332 e. The first-order valence-corrected chi connectivity index (χ1v) is 11.3. The minimum Gasteiger partial charge on any atom is -0.332 e. The van der Waals surface area contributed by atoms with E-state index in [1.165, 1.54) is 28.2 Å². The van der Waals surface area contributed by atoms with E-state index in [0.717, 1.165) is 5.75 Å². The molecule has 0 unspecified atom stereocenters. The number of thioether (sulfide) groups is 1. The summed E-state index contributed by atoms with van der Waals surface area (Å²) in [4.78, 5) is 27.6. The van der Waals surface area contributed by atoms with Crippen LogP contribution in [0.1, 0.15) is 6.42 Å². The molecular formula is C17H24N4O4S2. The van der Waals surface area contributed by atoms with E-state index in [-0.39, 0.29) is 22.5 Å². The van der Waals surface area contributed by atoms with Crippen molar-refractivity contribution in [3.8, 4) is 0 Å². The zero-order valence-corrected chi connectivity index (χ0v) is 16.9. The van der Waals surface area contributed by atoms with Crippen molar-refractivity contribution in [1.29, 1.82) is 0 Å². The molecule has 0 aliphatic carbocycles. The van der Waals surface area contributed by atoms with Crippen molar-refractivity contribution in [2.24, 2.45) is 0 Å². The topological polar surface area (TPSA) is 90.0 Å². The maximum Gasteiger partial charge on any atom is 0.281 e. The monoisotopic (exact) mass is 412 g/mol. The third kappa shape index (κ3) is 5.01. The van der Waals surface area contributed by atoms with Gasteiger partial charge in [0.15, 0.2) is 0 Å². The van der Waals surface area contributed by atoms with Crippen LogP contribution in [0.4, 0.5) is 10.5 Å². The number of hydrogen-bond acceptors (Lipinski definition) is 6. The number of hydrogen-bond donors (Lipinski definition) is 1. The molecule has 0 spiro atoms. The first-order valence-electron chi connectivity index (χ1n) is 8.86. The molecular weight excluding hydrogens is 388 g/mol. The van der Waals surface area contributed by atoms with Gasteiger partial charge in [0.25, 0.3) is 5.24 Å². The molecule has 1 aromatic carbocycles. The number of nitrogens with one attached hydrogen (secondary N) is 1. The van der Waals surface area contributed by atoms with Gasteiger partial charge in [-0.1, -0.05) is 11.8 Å². The van der Waals surface area contributed by atoms with Crippen LogP contribution in [0.25, 0.3) is 0 Å². The van der Waals surface area contributed by atoms with Crippen LogP contribution in [0.15, 0.2) is 29.2 Å². The van der Waals surface area contributed by atoms with E-state index in [9.17, 15) is 18.0 Å². The molecule has 1 aromatic rings. The molecule has 2 saturated heterocycles. The highest BCUT2D eigenvalue weighted by atomic mass is 32.2. The number of anilines is 1. The number of sulfonamides is 1. The molecule has 0 aromatic heterocycles. The maximum atomic E-state index is 12.7. The average molecular weight is 413 g/mol. The lowest BCUT2D eigenvalue weighted by molar-refractivity contribution is -0.116. The average Bonchev–Trinajstić information content (AvgIpc) is 3.06. The Morgan fingerprint density at radius 2 is 1.78 bits per heavy atom. The first-order chi connectivity index (χ1) is 12.9. The van der Waals surface area contributed by atoms with Crippen LogP contribution in [-0.4, -0.2) is 85.7 Å². The normalized spacial score (nSPS) is 19.4. The summed E-state index contributed by atoms with van der Waals surface area (Å²) in [5.74, 6) is 0.568. The number of carbonyl (C=O) groups excluding carboxylic acids is 2. The van der Waals surface area contributed by atoms with Crippen molar-refractivity contribution in [3.63, 3.8) is 0 Å². The van der Waals surface area contributed by atoms with Crippen LogP contribution in [0.2, 0.25) is 0 Å². The SMILES string of the molecule is CN1CCN(S(=O)(=O)c2ccc(NC(=O)CCN3CCSC3=O)cc2)CC1. The molecule has 27 heavy (non-hydrogen) atoms. The molecule has 2 heterocycles. The van der Waals surface area contributed by atoms with E-state index in [1.54, 1.807) is 17.0 Å². The Balaban J connectivity index is 1.55. The molecule has 8 nitrogen and oxygen atoms in total. The van der Waals surface area contributed by atoms with E-state index < -0.39 is 10.0 Å². The third-order valence-corrected chi connectivity index (χ3v) is 7.50. The quantitative estimate of drug-likeness (QED) is 0.753. The van der Waals surface area contributed by atoms with E-state index >= 15 is 0 Å². The van der Waals surface area contributed by atoms with Crippen molar-refractivity contribution in [1.82, 2.24) is 14.1 Å². The lowest BCUT2D eigenvalue weighted by Gasteiger charge is -2.31. The molecule has 148 valence electrons. The minimum atomic E-state index is -3.51. The Hall–Kier alpha value is -1.62. The van der Waals surface area contributed by atoms with Gasteiger partial charge in [-0.25, -0.2) is 8.42 Å². The highest BCUT2D eigenvalue weighted by Crippen LogP contribution is 2.20. The lowest BCUT2D eigenvalue weighted by atomic mass is 10.3. The van der Waals surface area contributed by atoms with Crippen LogP contribution in [-0.2, 0) is 14.8 Å². The van der Waals surface area contributed by atoms with Gasteiger partial charge in [0, 0.05) is 57.1 Å². The van der Waals surface area contributed by atoms with Gasteiger partial charge in [0.05, 0.1) is 4.90 Å². The summed E-state index contributed by atoms with van der Waals surface area (Å²) in [6, 6.07) is 6.23. The van der Waals surface area contributed by atoms with Gasteiger partial charge in [0.2, 0.25) is 15.9 Å². The molecule has 0 saturated carbocycles. The van der Waals surface area contributed by atoms with Crippen LogP contribution in [0.3, 0.4) is 0 Å². The van der Waals surface area contributed by atoms with Crippen molar-refractivity contribution in [3.05, 3.63) is 24.3 Å². The first kappa shape index (κ1) is 20.1. The summed E-state index contributed by atoms with van der Waals surface area (Å²) in [7, 11) is -1.54. The number of likely N-dealkylation sites (N-methyl/N-ethyl adjacent to an activating group) is 1. The standard InChI is InChI=1S/C17H24N4O4S2/c1-19-8-10-21(11-9-19)27(24,25)15-4-2-14(3-5-15)18-16(22)6-7-20-12-13-26-17(20)23/h2-5H,6-13H2,1H3,(H,18,22). The fourth-order valence-electron chi connectivity index (χ4n) is 2.98. The van der Waals surface area contributed by atoms with Crippen LogP contribution in [0.5, 0.6) is 0 Å². The Labute approximate surface area is 163 Å². The molecule has 3 rings (SSSR count). The second kappa shape index (κ2) is 8.59. The van der Waals surface area contributed by atoms with Crippen molar-refractivity contribution in [2.75, 3.05) is 57.4 Å². The highest BCUT2D eigenvalue weighted by Gasteiger charge is 2.27. The van der Waals surface area contributed by atoms with E-state index in [1.807, 2.05) is 7.05 Å². The molecule has 2 aliphatic heterocycles. The number of carbonyl (C=O) groups is 2. The van der Waals surface area contributed by atoms with Crippen molar-refractivity contribution in [2.45, 2.75) is 11.3 Å². The van der Waals surface area contributed by atoms with Gasteiger partial charge in [-0.3, -0.25) is 9.59 Å². The number of nitrogens with zero attached hydrogens (tertiary/aromatic N) is 3. The molecule has 1 N–H and O–H groups in total. The van der Waals surface area contributed by atoms with E-state index in [0.29, 0.717) is 45.0 Å². The predicted molar refractivity (Wildman–Crippen MR) is 105 cm³/mol. The van der Waals surface area contributed by atoms with Gasteiger partial charge in [-0.2, -0.15) is 4.31 Å². The Morgan fingerprint density at radius 3 is 2.37 bits per heavy atom. The van der Waals surface area contributed by atoms with Crippen LogP contribution >= 0.6 is 11.8 Å². The summed E-state index contributed by atoms with van der Waals surface area (Å²) in [5.41, 5.74) is 0.541. The summed E-state index contributed by atoms with van der Waals surface area (Å²) in [5, 5.41) is 2.76. The molecule has 2 amide bonds. The molecule has 0 radical (unpaired) electrons. The molecule has 0 atom stereocenters. The van der Waals surface area contributed by atoms with Crippen molar-refractivity contribution >= 4 is 38.6 Å². The summed E-state index contributed by atoms with van der Waals surface area (Å²) in [6.07, 6.45) is 0.216. The zero-order chi connectivity index (χ0) is 19.4. The predicted octanol–water partition coefficient (Wildman–Crippen LogP) is 1.12. The molecule has 10 heteroatoms. The maximum absolute atomic E-state index is 12.7. The number of rotatable bonds is 6. The van der Waals surface area contributed by atoms with Gasteiger partial charge < -0.3 is 15.1 Å². The molecule has 2 fully saturated rings. The fourth-order valence-corrected chi connectivity index (χ4v) is 5.25. The Bertz CT molecular complexity index is 790. The van der Waals surface area contributed by atoms with Gasteiger partial charge >= 0.3 is 0 Å². The summed E-state index contributed by atoms with van der Waals surface area (Å²) >= 11 is 1.27. The van der Waals surface area contributed by atoms with Crippen molar-refractivity contribution < 1.29 is 18.0 Å². The third-order valence-electron chi connectivity index (χ3n) is 4.69. The van der Waals surface area contributed by atoms with E-state index in [4.69, 9.17) is 0 Å². The Kier molecular flexibility index (Phi) is 6.40. The Morgan fingerprint density at radius 1 is 1.11 bits per heavy atom. The zero-order valence-electron chi connectivity index (χ0n) is 15.3. The fraction of sp³-hybridized carbons (Fsp3) is 0.529. The second-order valence-corrected chi connectivity index (χ2v) is 9.62. The van der Waals surface area contributed by atoms with Crippen LogP contribution in [0, 0.1) is 0 Å². The van der Waals surface area contributed by atoms with Gasteiger partial charge in [0.1, 0.15) is 0 Å². The second-order valence-electron chi connectivity index (χ2n) is 6.63. The number of benzene rings is 1.